The summed E-state index contributed by atoms with van der Waals surface area (Å²) in [6.45, 7) is 1.96. The lowest BCUT2D eigenvalue weighted by Crippen LogP contribution is -2.24. The van der Waals surface area contributed by atoms with Crippen molar-refractivity contribution in [2.45, 2.75) is 13.5 Å². The molecule has 2 heterocycles. The fraction of sp³-hybridized carbons (Fsp3) is 0.188. The van der Waals surface area contributed by atoms with Gasteiger partial charge < -0.3 is 15.6 Å². The van der Waals surface area contributed by atoms with E-state index in [0.29, 0.717) is 22.3 Å². The maximum Gasteiger partial charge on any atom is 0.272 e. The number of halogens is 1. The van der Waals surface area contributed by atoms with Gasteiger partial charge in [0.1, 0.15) is 23.2 Å². The largest absolute Gasteiger partial charge is 0.396 e. The Labute approximate surface area is 132 Å². The van der Waals surface area contributed by atoms with Gasteiger partial charge in [-0.1, -0.05) is 12.1 Å². The monoisotopic (exact) mass is 313 g/mol. The highest BCUT2D eigenvalue weighted by atomic mass is 19.1. The first kappa shape index (κ1) is 15.0. The second-order valence-corrected chi connectivity index (χ2v) is 5.38. The second-order valence-electron chi connectivity index (χ2n) is 5.38. The van der Waals surface area contributed by atoms with Gasteiger partial charge in [0, 0.05) is 19.8 Å². The number of benzene rings is 1. The van der Waals surface area contributed by atoms with Crippen molar-refractivity contribution in [1.82, 2.24) is 19.9 Å². The molecule has 3 aromatic rings. The van der Waals surface area contributed by atoms with E-state index in [-0.39, 0.29) is 24.0 Å². The van der Waals surface area contributed by atoms with Crippen LogP contribution in [0.4, 0.5) is 10.1 Å². The Morgan fingerprint density at radius 2 is 2.17 bits per heavy atom. The molecule has 0 saturated heterocycles. The number of carbonyl (C=O) groups is 1. The molecule has 1 amide bonds. The molecule has 0 atom stereocenters. The number of carbonyl (C=O) groups excluding carboxylic acids is 1. The standard InChI is InChI=1S/C16H16FN5O/c1-9-5-10(3-4-11(9)17)6-19-16(23)14-15-13(20-8-21-14)12(18)7-22(15)2/h3-5,7-8H,6,18H2,1-2H3,(H,19,23). The summed E-state index contributed by atoms with van der Waals surface area (Å²) in [6, 6.07) is 4.72. The highest BCUT2D eigenvalue weighted by molar-refractivity contribution is 6.05. The summed E-state index contributed by atoms with van der Waals surface area (Å²) >= 11 is 0. The number of aryl methyl sites for hydroxylation is 2. The van der Waals surface area contributed by atoms with Crippen LogP contribution in [0.2, 0.25) is 0 Å². The Balaban J connectivity index is 1.85. The molecule has 0 aliphatic rings. The van der Waals surface area contributed by atoms with Crippen LogP contribution in [-0.4, -0.2) is 20.4 Å². The van der Waals surface area contributed by atoms with Gasteiger partial charge in [-0.05, 0) is 24.1 Å². The average Bonchev–Trinajstić information content (AvgIpc) is 2.83. The van der Waals surface area contributed by atoms with Crippen LogP contribution in [0.15, 0.2) is 30.7 Å². The fourth-order valence-electron chi connectivity index (χ4n) is 2.51. The third-order valence-electron chi connectivity index (χ3n) is 3.67. The molecule has 1 aromatic carbocycles. The van der Waals surface area contributed by atoms with E-state index >= 15 is 0 Å². The van der Waals surface area contributed by atoms with E-state index in [4.69, 9.17) is 5.73 Å². The van der Waals surface area contributed by atoms with Crippen molar-refractivity contribution in [2.24, 2.45) is 7.05 Å². The van der Waals surface area contributed by atoms with Crippen molar-refractivity contribution in [3.8, 4) is 0 Å². The van der Waals surface area contributed by atoms with E-state index in [1.165, 1.54) is 12.4 Å². The predicted octanol–water partition coefficient (Wildman–Crippen LogP) is 1.93. The molecule has 0 radical (unpaired) electrons. The van der Waals surface area contributed by atoms with Gasteiger partial charge in [-0.2, -0.15) is 0 Å². The fourth-order valence-corrected chi connectivity index (χ4v) is 2.51. The minimum atomic E-state index is -0.333. The van der Waals surface area contributed by atoms with Crippen molar-refractivity contribution >= 4 is 22.6 Å². The predicted molar refractivity (Wildman–Crippen MR) is 85.2 cm³/mol. The van der Waals surface area contributed by atoms with Crippen molar-refractivity contribution < 1.29 is 9.18 Å². The average molecular weight is 313 g/mol. The number of anilines is 1. The van der Waals surface area contributed by atoms with E-state index in [1.807, 2.05) is 0 Å². The number of nitrogens with two attached hydrogens (primary N) is 1. The summed E-state index contributed by atoms with van der Waals surface area (Å²) in [6.07, 6.45) is 3.01. The quantitative estimate of drug-likeness (QED) is 0.773. The van der Waals surface area contributed by atoms with Crippen LogP contribution in [-0.2, 0) is 13.6 Å². The Bertz CT molecular complexity index is 903. The van der Waals surface area contributed by atoms with Crippen LogP contribution < -0.4 is 11.1 Å². The molecule has 7 heteroatoms. The van der Waals surface area contributed by atoms with E-state index in [2.05, 4.69) is 15.3 Å². The SMILES string of the molecule is Cc1cc(CNC(=O)c2ncnc3c(N)cn(C)c23)ccc1F. The minimum Gasteiger partial charge on any atom is -0.396 e. The topological polar surface area (TPSA) is 85.8 Å². The van der Waals surface area contributed by atoms with Crippen LogP contribution in [0.3, 0.4) is 0 Å². The number of amides is 1. The summed E-state index contributed by atoms with van der Waals surface area (Å²) in [5, 5.41) is 2.78. The van der Waals surface area contributed by atoms with Gasteiger partial charge in [-0.15, -0.1) is 0 Å². The summed E-state index contributed by atoms with van der Waals surface area (Å²) in [4.78, 5) is 20.6. The molecule has 0 spiro atoms. The number of fused-ring (bicyclic) bond motifs is 1. The first-order valence-corrected chi connectivity index (χ1v) is 7.06. The number of hydrogen-bond acceptors (Lipinski definition) is 4. The molecule has 6 nitrogen and oxygen atoms in total. The van der Waals surface area contributed by atoms with Gasteiger partial charge in [0.15, 0.2) is 5.69 Å². The molecular formula is C16H16FN5O. The van der Waals surface area contributed by atoms with E-state index < -0.39 is 0 Å². The Morgan fingerprint density at radius 1 is 1.39 bits per heavy atom. The molecule has 2 aromatic heterocycles. The molecule has 0 bridgehead atoms. The highest BCUT2D eigenvalue weighted by Crippen LogP contribution is 2.22. The van der Waals surface area contributed by atoms with Crippen LogP contribution in [0.25, 0.3) is 11.0 Å². The highest BCUT2D eigenvalue weighted by Gasteiger charge is 2.17. The molecule has 0 saturated carbocycles. The zero-order chi connectivity index (χ0) is 16.6. The number of aromatic nitrogens is 3. The molecule has 0 fully saturated rings. The van der Waals surface area contributed by atoms with Gasteiger partial charge in [0.05, 0.1) is 5.69 Å². The van der Waals surface area contributed by atoms with Crippen molar-refractivity contribution in [3.05, 3.63) is 53.4 Å². The Hall–Kier alpha value is -2.96. The molecule has 0 aliphatic carbocycles. The maximum atomic E-state index is 13.3. The van der Waals surface area contributed by atoms with Crippen molar-refractivity contribution in [1.29, 1.82) is 0 Å². The lowest BCUT2D eigenvalue weighted by Gasteiger charge is -2.08. The van der Waals surface area contributed by atoms with Crippen LogP contribution in [0, 0.1) is 12.7 Å². The van der Waals surface area contributed by atoms with E-state index in [0.717, 1.165) is 5.56 Å². The number of hydrogen-bond donors (Lipinski definition) is 2. The van der Waals surface area contributed by atoms with Crippen LogP contribution >= 0.6 is 0 Å². The Kier molecular flexibility index (Phi) is 3.69. The molecule has 0 aliphatic heterocycles. The van der Waals surface area contributed by atoms with Gasteiger partial charge in [0.25, 0.3) is 5.91 Å². The lowest BCUT2D eigenvalue weighted by atomic mass is 10.1. The molecule has 0 unspecified atom stereocenters. The Morgan fingerprint density at radius 3 is 2.91 bits per heavy atom. The zero-order valence-corrected chi connectivity index (χ0v) is 12.8. The smallest absolute Gasteiger partial charge is 0.272 e. The molecule has 3 rings (SSSR count). The van der Waals surface area contributed by atoms with Gasteiger partial charge in [0.2, 0.25) is 0 Å². The molecule has 3 N–H and O–H groups in total. The normalized spacial score (nSPS) is 10.9. The summed E-state index contributed by atoms with van der Waals surface area (Å²) < 4.78 is 15.0. The van der Waals surface area contributed by atoms with Crippen LogP contribution in [0.5, 0.6) is 0 Å². The maximum absolute atomic E-state index is 13.3. The lowest BCUT2D eigenvalue weighted by molar-refractivity contribution is 0.0947. The van der Waals surface area contributed by atoms with E-state index in [1.54, 1.807) is 36.9 Å². The number of nitrogen functional groups attached to an aromatic ring is 1. The summed E-state index contributed by atoms with van der Waals surface area (Å²) in [7, 11) is 1.78. The number of nitrogens with zero attached hydrogens (tertiary/aromatic N) is 3. The van der Waals surface area contributed by atoms with Crippen LogP contribution in [0.1, 0.15) is 21.6 Å². The molecule has 118 valence electrons. The first-order chi connectivity index (χ1) is 11.0. The number of nitrogens with one attached hydrogen (secondary N) is 1. The minimum absolute atomic E-state index is 0.257. The summed E-state index contributed by atoms with van der Waals surface area (Å²) in [5.41, 5.74) is 9.09. The third-order valence-corrected chi connectivity index (χ3v) is 3.67. The third kappa shape index (κ3) is 2.73. The first-order valence-electron chi connectivity index (χ1n) is 7.06. The second kappa shape index (κ2) is 5.68. The van der Waals surface area contributed by atoms with Crippen molar-refractivity contribution in [3.63, 3.8) is 0 Å². The van der Waals surface area contributed by atoms with Crippen molar-refractivity contribution in [2.75, 3.05) is 5.73 Å². The van der Waals surface area contributed by atoms with Gasteiger partial charge in [-0.25, -0.2) is 14.4 Å². The zero-order valence-electron chi connectivity index (χ0n) is 12.8. The molecular weight excluding hydrogens is 297 g/mol. The number of rotatable bonds is 3. The molecule has 23 heavy (non-hydrogen) atoms. The van der Waals surface area contributed by atoms with Gasteiger partial charge in [-0.3, -0.25) is 4.79 Å². The van der Waals surface area contributed by atoms with Gasteiger partial charge >= 0.3 is 0 Å². The van der Waals surface area contributed by atoms with E-state index in [9.17, 15) is 9.18 Å². The summed E-state index contributed by atoms with van der Waals surface area (Å²) in [5.74, 6) is -0.600.